The molecule has 2 aromatic carbocycles. The van der Waals surface area contributed by atoms with E-state index in [9.17, 15) is 14.2 Å². The summed E-state index contributed by atoms with van der Waals surface area (Å²) in [5.74, 6) is -0.370. The summed E-state index contributed by atoms with van der Waals surface area (Å²) in [6.45, 7) is 10.4. The first kappa shape index (κ1) is 31.1. The number of halogens is 2. The summed E-state index contributed by atoms with van der Waals surface area (Å²) < 4.78 is 31.2. The van der Waals surface area contributed by atoms with Gasteiger partial charge in [0.05, 0.1) is 26.8 Å². The van der Waals surface area contributed by atoms with Gasteiger partial charge in [0, 0.05) is 18.8 Å². The zero-order valence-electron chi connectivity index (χ0n) is 22.8. The molecule has 3 rings (SSSR count). The van der Waals surface area contributed by atoms with Crippen LogP contribution in [0.25, 0.3) is 11.1 Å². The highest BCUT2D eigenvalue weighted by Crippen LogP contribution is 2.55. The van der Waals surface area contributed by atoms with Gasteiger partial charge in [-0.05, 0) is 76.4 Å². The van der Waals surface area contributed by atoms with Gasteiger partial charge in [-0.1, -0.05) is 53.5 Å². The number of carbonyl (C=O) groups is 1. The highest BCUT2D eigenvalue weighted by Gasteiger charge is 2.37. The van der Waals surface area contributed by atoms with Crippen LogP contribution in [0.4, 0.5) is 0 Å². The lowest BCUT2D eigenvalue weighted by Gasteiger charge is -2.30. The van der Waals surface area contributed by atoms with E-state index in [0.29, 0.717) is 5.56 Å². The molecule has 1 N–H and O–H groups in total. The van der Waals surface area contributed by atoms with Gasteiger partial charge >= 0.3 is 7.82 Å². The number of pyridine rings is 1. The second-order valence-electron chi connectivity index (χ2n) is 10.8. The van der Waals surface area contributed by atoms with E-state index in [4.69, 9.17) is 36.8 Å². The molecule has 210 valence electrons. The van der Waals surface area contributed by atoms with E-state index in [2.05, 4.69) is 5.32 Å². The predicted octanol–water partition coefficient (Wildman–Crippen LogP) is 7.46. The van der Waals surface area contributed by atoms with Crippen molar-refractivity contribution in [2.45, 2.75) is 66.0 Å². The second-order valence-corrected chi connectivity index (χ2v) is 13.1. The molecule has 0 bridgehead atoms. The van der Waals surface area contributed by atoms with Crippen LogP contribution in [0.5, 0.6) is 0 Å². The molecule has 0 unspecified atom stereocenters. The van der Waals surface area contributed by atoms with Gasteiger partial charge in [-0.15, -0.1) is 0 Å². The van der Waals surface area contributed by atoms with Crippen LogP contribution in [0.15, 0.2) is 65.6 Å². The van der Waals surface area contributed by atoms with Crippen molar-refractivity contribution in [1.82, 2.24) is 9.88 Å². The summed E-state index contributed by atoms with van der Waals surface area (Å²) >= 11 is 12.2. The van der Waals surface area contributed by atoms with Crippen LogP contribution >= 0.6 is 31.0 Å². The molecule has 0 fully saturated rings. The van der Waals surface area contributed by atoms with E-state index in [1.165, 1.54) is 10.6 Å². The van der Waals surface area contributed by atoms with Gasteiger partial charge in [-0.3, -0.25) is 27.7 Å². The number of aromatic nitrogens is 1. The summed E-state index contributed by atoms with van der Waals surface area (Å²) in [6.07, 6.45) is 1.55. The number of benzene rings is 2. The molecule has 0 aliphatic carbocycles. The zero-order chi connectivity index (χ0) is 29.0. The Labute approximate surface area is 238 Å². The molecule has 0 spiro atoms. The van der Waals surface area contributed by atoms with Gasteiger partial charge in [-0.25, -0.2) is 4.57 Å². The zero-order valence-corrected chi connectivity index (χ0v) is 25.2. The van der Waals surface area contributed by atoms with Gasteiger partial charge in [-0.2, -0.15) is 0 Å². The molecule has 0 saturated carbocycles. The van der Waals surface area contributed by atoms with Gasteiger partial charge in [0.1, 0.15) is 6.73 Å². The van der Waals surface area contributed by atoms with Crippen molar-refractivity contribution in [3.63, 3.8) is 0 Å². The summed E-state index contributed by atoms with van der Waals surface area (Å²) in [5, 5.41) is 3.37. The van der Waals surface area contributed by atoms with E-state index in [0.717, 1.165) is 11.1 Å². The maximum absolute atomic E-state index is 13.2. The second kappa shape index (κ2) is 12.4. The SMILES string of the molecule is CC(C)(C)OP(=O)(OCn1ccc(-c2ccc(CNC(=O)c3c(Cl)cccc3Cl)cc2)cc1=O)OC(C)(C)C. The fraction of sp³-hybridized carbons (Fsp3) is 0.357. The molecule has 8 nitrogen and oxygen atoms in total. The fourth-order valence-electron chi connectivity index (χ4n) is 3.47. The lowest BCUT2D eigenvalue weighted by Crippen LogP contribution is -2.26. The fourth-order valence-corrected chi connectivity index (χ4v) is 5.79. The number of phosphoric acid groups is 1. The number of nitrogens with one attached hydrogen (secondary N) is 1. The molecule has 1 amide bonds. The van der Waals surface area contributed by atoms with Gasteiger partial charge in [0.2, 0.25) is 0 Å². The van der Waals surface area contributed by atoms with Crippen LogP contribution in [0.2, 0.25) is 10.0 Å². The van der Waals surface area contributed by atoms with Crippen molar-refractivity contribution in [1.29, 1.82) is 0 Å². The molecular formula is C28H33Cl2N2O6P. The Morgan fingerprint density at radius 2 is 1.46 bits per heavy atom. The lowest BCUT2D eigenvalue weighted by molar-refractivity contribution is -0.00651. The maximum atomic E-state index is 13.2. The maximum Gasteiger partial charge on any atom is 0.477 e. The van der Waals surface area contributed by atoms with Crippen LogP contribution in [-0.4, -0.2) is 21.7 Å². The number of rotatable bonds is 9. The van der Waals surface area contributed by atoms with E-state index in [-0.39, 0.29) is 40.4 Å². The number of carbonyl (C=O) groups excluding carboxylic acids is 1. The number of hydrogen-bond donors (Lipinski definition) is 1. The van der Waals surface area contributed by atoms with Crippen molar-refractivity contribution in [3.05, 3.63) is 92.3 Å². The molecule has 11 heteroatoms. The normalized spacial score (nSPS) is 12.4. The minimum absolute atomic E-state index is 0.230. The molecular weight excluding hydrogens is 562 g/mol. The third-order valence-corrected chi connectivity index (χ3v) is 7.66. The Kier molecular flexibility index (Phi) is 9.87. The van der Waals surface area contributed by atoms with Crippen molar-refractivity contribution >= 4 is 36.9 Å². The van der Waals surface area contributed by atoms with Crippen LogP contribution in [-0.2, 0) is 31.4 Å². The molecule has 0 aliphatic rings. The standard InChI is InChI=1S/C28H33Cl2N2O6P/c1-27(2,3)37-39(35,38-28(4,5)6)36-18-32-15-14-21(16-24(32)33)20-12-10-19(11-13-20)17-31-26(34)25-22(29)8-7-9-23(25)30/h7-16H,17-18H2,1-6H3,(H,31,34). The third kappa shape index (κ3) is 9.31. The average molecular weight is 595 g/mol. The highest BCUT2D eigenvalue weighted by molar-refractivity contribution is 7.48. The number of phosphoric ester groups is 1. The molecule has 0 aliphatic heterocycles. The van der Waals surface area contributed by atoms with Crippen molar-refractivity contribution in [3.8, 4) is 11.1 Å². The van der Waals surface area contributed by atoms with Crippen molar-refractivity contribution < 1.29 is 22.9 Å². The predicted molar refractivity (Wildman–Crippen MR) is 154 cm³/mol. The summed E-state index contributed by atoms with van der Waals surface area (Å²) in [5.41, 5.74) is 0.660. The van der Waals surface area contributed by atoms with Crippen molar-refractivity contribution in [2.75, 3.05) is 0 Å². The van der Waals surface area contributed by atoms with Crippen LogP contribution < -0.4 is 10.9 Å². The number of nitrogens with zero attached hydrogens (tertiary/aromatic N) is 1. The smallest absolute Gasteiger partial charge is 0.348 e. The van der Waals surface area contributed by atoms with E-state index >= 15 is 0 Å². The minimum Gasteiger partial charge on any atom is -0.348 e. The first-order valence-electron chi connectivity index (χ1n) is 12.2. The molecule has 0 atom stereocenters. The van der Waals surface area contributed by atoms with Crippen LogP contribution in [0, 0.1) is 0 Å². The molecule has 39 heavy (non-hydrogen) atoms. The average Bonchev–Trinajstić information content (AvgIpc) is 2.80. The van der Waals surface area contributed by atoms with Crippen LogP contribution in [0.3, 0.4) is 0 Å². The topological polar surface area (TPSA) is 95.9 Å². The monoisotopic (exact) mass is 594 g/mol. The first-order valence-corrected chi connectivity index (χ1v) is 14.4. The molecule has 3 aromatic rings. The Balaban J connectivity index is 1.67. The number of hydrogen-bond acceptors (Lipinski definition) is 6. The lowest BCUT2D eigenvalue weighted by atomic mass is 10.0. The summed E-state index contributed by atoms with van der Waals surface area (Å²) in [6, 6.07) is 15.5. The van der Waals surface area contributed by atoms with Gasteiger partial charge in [0.25, 0.3) is 11.5 Å². The quantitative estimate of drug-likeness (QED) is 0.258. The summed E-state index contributed by atoms with van der Waals surface area (Å²) in [4.78, 5) is 25.3. The van der Waals surface area contributed by atoms with E-state index in [1.54, 1.807) is 72.0 Å². The summed E-state index contributed by atoms with van der Waals surface area (Å²) in [7, 11) is -3.97. The van der Waals surface area contributed by atoms with Crippen molar-refractivity contribution in [2.24, 2.45) is 0 Å². The minimum atomic E-state index is -3.97. The third-order valence-electron chi connectivity index (χ3n) is 5.05. The largest absolute Gasteiger partial charge is 0.477 e. The Morgan fingerprint density at radius 1 is 0.897 bits per heavy atom. The first-order chi connectivity index (χ1) is 18.1. The highest BCUT2D eigenvalue weighted by atomic mass is 35.5. The molecule has 0 radical (unpaired) electrons. The Morgan fingerprint density at radius 3 is 1.97 bits per heavy atom. The van der Waals surface area contributed by atoms with E-state index < -0.39 is 19.0 Å². The van der Waals surface area contributed by atoms with Gasteiger partial charge < -0.3 is 5.32 Å². The van der Waals surface area contributed by atoms with Gasteiger partial charge in [0.15, 0.2) is 0 Å². The molecule has 0 saturated heterocycles. The van der Waals surface area contributed by atoms with E-state index in [1.807, 2.05) is 24.3 Å². The molecule has 1 aromatic heterocycles. The molecule has 1 heterocycles. The Hall–Kier alpha value is -2.45. The number of amides is 1. The Bertz CT molecular complexity index is 1390. The van der Waals surface area contributed by atoms with Crippen LogP contribution in [0.1, 0.15) is 57.5 Å².